The summed E-state index contributed by atoms with van der Waals surface area (Å²) in [7, 11) is 4.67. The quantitative estimate of drug-likeness (QED) is 0.0165. The number of thioether (sulfide) groups is 2. The van der Waals surface area contributed by atoms with Gasteiger partial charge in [0.05, 0.1) is 110 Å². The summed E-state index contributed by atoms with van der Waals surface area (Å²) in [6, 6.07) is 0. The standard InChI is InChI=1S/C33H56O16S4.C17H28O8S4.C6H10O3/c1-40-9-11-42-13-15-44-29(36)5-19-52-21-7-31(38)48-25-33(23-46-27(34)3-17-50,24-47-28(35)4-18-51)26-49-32(39)8-22-53-20-6-30(37)45-16-14-43-12-10-41-2;18-13(1-5-26)22-9-17(10-23-14(19)2-6-27,11-24-15(20)3-7-28)12-25-16(21)4-8-29;1-3-6(7)9-5-4-8-2/h50-51H,3-26H2,1-2H3;26-29H,1-12H2;3H,1,4-5H2,2H3. The van der Waals surface area contributed by atoms with Gasteiger partial charge in [0, 0.05) is 84.9 Å². The van der Waals surface area contributed by atoms with Crippen LogP contribution in [-0.2, 0) is 129 Å². The average molecular weight is 1460 g/mol. The highest BCUT2D eigenvalue weighted by Crippen LogP contribution is 2.25. The second-order valence-corrected chi connectivity index (χ2v) is 23.5. The molecule has 0 amide bonds. The van der Waals surface area contributed by atoms with Crippen LogP contribution >= 0.6 is 99.3 Å². The Morgan fingerprint density at radius 3 is 0.714 bits per heavy atom. The van der Waals surface area contributed by atoms with E-state index in [4.69, 9.17) is 66.3 Å². The number of carbonyl (C=O) groups excluding carboxylic acids is 11. The molecule has 0 aromatic carbocycles. The fourth-order valence-electron chi connectivity index (χ4n) is 5.67. The molecule has 0 unspecified atom stereocenters. The van der Waals surface area contributed by atoms with E-state index in [2.05, 4.69) is 91.8 Å². The van der Waals surface area contributed by atoms with E-state index in [9.17, 15) is 52.7 Å². The number of methoxy groups -OCH3 is 3. The molecule has 0 aromatic heterocycles. The van der Waals surface area contributed by atoms with Crippen molar-refractivity contribution in [3.05, 3.63) is 12.7 Å². The first-order valence-corrected chi connectivity index (χ1v) is 34.6. The number of ether oxygens (including phenoxy) is 16. The summed E-state index contributed by atoms with van der Waals surface area (Å²) in [6.45, 7) is 3.80. The highest BCUT2D eigenvalue weighted by molar-refractivity contribution is 7.99. The minimum Gasteiger partial charge on any atom is -0.465 e. The molecule has 0 saturated heterocycles. The van der Waals surface area contributed by atoms with Crippen molar-refractivity contribution in [2.24, 2.45) is 10.8 Å². The number of esters is 11. The van der Waals surface area contributed by atoms with Crippen LogP contribution in [-0.4, -0.2) is 263 Å². The molecule has 27 nitrogen and oxygen atoms in total. The predicted octanol–water partition coefficient (Wildman–Crippen LogP) is 4.01. The zero-order valence-corrected chi connectivity index (χ0v) is 59.2. The third kappa shape index (κ3) is 60.0. The lowest BCUT2D eigenvalue weighted by Gasteiger charge is -2.31. The Bertz CT molecular complexity index is 1840. The fraction of sp³-hybridized carbons (Fsp3) is 0.768. The Morgan fingerprint density at radius 2 is 0.495 bits per heavy atom. The van der Waals surface area contributed by atoms with Crippen LogP contribution in [0.5, 0.6) is 0 Å². The highest BCUT2D eigenvalue weighted by atomic mass is 32.2. The molecule has 0 spiro atoms. The topological polar surface area (TPSA) is 335 Å². The summed E-state index contributed by atoms with van der Waals surface area (Å²) in [5, 5.41) is 0. The second-order valence-electron chi connectivity index (χ2n) is 18.4. The molecule has 35 heteroatoms. The maximum Gasteiger partial charge on any atom is 0.330 e. The van der Waals surface area contributed by atoms with Gasteiger partial charge in [0.2, 0.25) is 0 Å². The molecule has 0 bridgehead atoms. The Hall–Kier alpha value is -3.49. The van der Waals surface area contributed by atoms with Crippen LogP contribution in [0.25, 0.3) is 0 Å². The summed E-state index contributed by atoms with van der Waals surface area (Å²) >= 11 is 26.7. The van der Waals surface area contributed by atoms with Gasteiger partial charge < -0.3 is 75.8 Å². The molecule has 0 radical (unpaired) electrons. The summed E-state index contributed by atoms with van der Waals surface area (Å²) in [4.78, 5) is 131. The van der Waals surface area contributed by atoms with Gasteiger partial charge in [-0.2, -0.15) is 99.3 Å². The van der Waals surface area contributed by atoms with Crippen molar-refractivity contribution < 1.29 is 129 Å². The first-order chi connectivity index (χ1) is 43.7. The second kappa shape index (κ2) is 65.2. The lowest BCUT2D eigenvalue weighted by molar-refractivity contribution is -0.173. The number of carbonyl (C=O) groups is 11. The van der Waals surface area contributed by atoms with Gasteiger partial charge in [0.15, 0.2) is 0 Å². The third-order valence-corrected chi connectivity index (χ3v) is 13.9. The Labute approximate surface area is 575 Å². The maximum absolute atomic E-state index is 12.7. The molecule has 528 valence electrons. The van der Waals surface area contributed by atoms with E-state index in [1.165, 1.54) is 23.5 Å². The van der Waals surface area contributed by atoms with Crippen LogP contribution in [0.15, 0.2) is 12.7 Å². The Morgan fingerprint density at radius 1 is 0.297 bits per heavy atom. The van der Waals surface area contributed by atoms with Gasteiger partial charge in [0.1, 0.15) is 83.5 Å². The number of rotatable bonds is 56. The zero-order valence-electron chi connectivity index (χ0n) is 52.2. The largest absolute Gasteiger partial charge is 0.465 e. The van der Waals surface area contributed by atoms with Crippen LogP contribution in [0.2, 0.25) is 0 Å². The van der Waals surface area contributed by atoms with Gasteiger partial charge in [-0.05, 0) is 0 Å². The molecule has 0 heterocycles. The first kappa shape index (κ1) is 91.7. The Balaban J connectivity index is -0.00000169. The molecule has 0 atom stereocenters. The molecule has 0 rings (SSSR count). The molecule has 0 aromatic rings. The van der Waals surface area contributed by atoms with Gasteiger partial charge >= 0.3 is 65.7 Å². The summed E-state index contributed by atoms with van der Waals surface area (Å²) < 4.78 is 82.2. The lowest BCUT2D eigenvalue weighted by Crippen LogP contribution is -2.44. The van der Waals surface area contributed by atoms with Crippen molar-refractivity contribution in [2.45, 2.75) is 64.2 Å². The predicted molar refractivity (Wildman–Crippen MR) is 357 cm³/mol. The SMILES string of the molecule is C=CC(=O)OCCOC.COCCOCCOC(=O)CCSCCC(=O)OCC(COC(=O)CCS)(COC(=O)CCS)COC(=O)CCSCCC(=O)OCCOCCOC.O=C(CCS)OCC(COC(=O)CCS)(COC(=O)CCS)COC(=O)CCS. The number of hydrogen-bond donors (Lipinski definition) is 6. The molecule has 0 aliphatic heterocycles. The van der Waals surface area contributed by atoms with E-state index in [1.807, 2.05) is 0 Å². The van der Waals surface area contributed by atoms with Crippen LogP contribution in [0.1, 0.15) is 64.2 Å². The van der Waals surface area contributed by atoms with Crippen LogP contribution in [0.3, 0.4) is 0 Å². The van der Waals surface area contributed by atoms with Crippen molar-refractivity contribution in [1.29, 1.82) is 0 Å². The number of hydrogen-bond acceptors (Lipinski definition) is 35. The third-order valence-electron chi connectivity index (χ3n) is 10.6. The van der Waals surface area contributed by atoms with Crippen molar-refractivity contribution in [1.82, 2.24) is 0 Å². The van der Waals surface area contributed by atoms with Crippen molar-refractivity contribution in [3.8, 4) is 0 Å². The summed E-state index contributed by atoms with van der Waals surface area (Å²) in [5.41, 5.74) is -2.66. The Kier molecular flexibility index (Phi) is 65.7. The minimum absolute atomic E-state index is 0.00192. The molecule has 0 aliphatic carbocycles. The summed E-state index contributed by atoms with van der Waals surface area (Å²) in [6.07, 6.45) is 1.68. The van der Waals surface area contributed by atoms with Crippen molar-refractivity contribution in [3.63, 3.8) is 0 Å². The van der Waals surface area contributed by atoms with Crippen LogP contribution in [0.4, 0.5) is 0 Å². The van der Waals surface area contributed by atoms with E-state index in [0.29, 0.717) is 62.7 Å². The molecule has 0 aliphatic rings. The molecular weight excluding hydrogens is 1360 g/mol. The van der Waals surface area contributed by atoms with E-state index < -0.39 is 64.6 Å². The first-order valence-electron chi connectivity index (χ1n) is 28.5. The average Bonchev–Trinajstić information content (AvgIpc) is 1.22. The monoisotopic (exact) mass is 1450 g/mol. The lowest BCUT2D eigenvalue weighted by atomic mass is 9.92. The van der Waals surface area contributed by atoms with Gasteiger partial charge in [-0.1, -0.05) is 6.58 Å². The fourth-order valence-corrected chi connectivity index (χ4v) is 8.41. The highest BCUT2D eigenvalue weighted by Gasteiger charge is 2.39. The normalized spacial score (nSPS) is 10.8. The van der Waals surface area contributed by atoms with E-state index in [0.717, 1.165) is 6.08 Å². The van der Waals surface area contributed by atoms with Crippen LogP contribution in [0, 0.1) is 10.8 Å². The van der Waals surface area contributed by atoms with Gasteiger partial charge in [-0.15, -0.1) is 0 Å². The zero-order chi connectivity index (χ0) is 68.7. The smallest absolute Gasteiger partial charge is 0.330 e. The van der Waals surface area contributed by atoms with E-state index in [-0.39, 0.29) is 190 Å². The molecule has 0 saturated carbocycles. The molecular formula is C56H94O27S8. The molecule has 91 heavy (non-hydrogen) atoms. The van der Waals surface area contributed by atoms with Gasteiger partial charge in [0.25, 0.3) is 0 Å². The van der Waals surface area contributed by atoms with Gasteiger partial charge in [-0.3, -0.25) is 47.9 Å². The maximum atomic E-state index is 12.7. The molecule has 0 N–H and O–H groups in total. The number of thiol groups is 6. The van der Waals surface area contributed by atoms with E-state index >= 15 is 0 Å². The van der Waals surface area contributed by atoms with Crippen molar-refractivity contribution in [2.75, 3.05) is 198 Å². The van der Waals surface area contributed by atoms with Gasteiger partial charge in [-0.25, -0.2) is 4.79 Å². The molecule has 0 fully saturated rings. The van der Waals surface area contributed by atoms with Crippen molar-refractivity contribution >= 4 is 165 Å². The summed E-state index contributed by atoms with van der Waals surface area (Å²) in [5.74, 6) is -2.54. The van der Waals surface area contributed by atoms with Crippen LogP contribution < -0.4 is 0 Å². The minimum atomic E-state index is -1.40. The van der Waals surface area contributed by atoms with E-state index in [1.54, 1.807) is 21.3 Å².